The van der Waals surface area contributed by atoms with Gasteiger partial charge in [0.25, 0.3) is 0 Å². The van der Waals surface area contributed by atoms with Crippen molar-refractivity contribution in [1.29, 1.82) is 0 Å². The summed E-state index contributed by atoms with van der Waals surface area (Å²) in [7, 11) is 1.00. The van der Waals surface area contributed by atoms with E-state index < -0.39 is 0 Å². The van der Waals surface area contributed by atoms with Crippen LogP contribution in [0.25, 0.3) is 0 Å². The molecule has 1 aliphatic rings. The van der Waals surface area contributed by atoms with Crippen LogP contribution in [0.1, 0.15) is 37.9 Å². The summed E-state index contributed by atoms with van der Waals surface area (Å²) in [6, 6.07) is 8.75. The fraction of sp³-hybridized carbons (Fsp3) is 0.500. The molecule has 1 aliphatic carbocycles. The molecule has 3 nitrogen and oxygen atoms in total. The van der Waals surface area contributed by atoms with E-state index in [1.165, 1.54) is 11.1 Å². The highest BCUT2D eigenvalue weighted by Gasteiger charge is 2.38. The van der Waals surface area contributed by atoms with Gasteiger partial charge in [-0.2, -0.15) is 0 Å². The van der Waals surface area contributed by atoms with Gasteiger partial charge in [-0.05, 0) is 29.9 Å². The summed E-state index contributed by atoms with van der Waals surface area (Å²) in [4.78, 5) is 4.56. The molecule has 0 heterocycles. The van der Waals surface area contributed by atoms with Crippen LogP contribution in [0.5, 0.6) is 0 Å². The molecule has 0 fully saturated rings. The molecule has 3 heteroatoms. The predicted molar refractivity (Wildman–Crippen MR) is 72.1 cm³/mol. The molecule has 0 aromatic heterocycles. The number of nitrogens with two attached hydrogens (primary N) is 1. The number of fused-ring (bicyclic) bond motifs is 1. The van der Waals surface area contributed by atoms with Gasteiger partial charge in [0.1, 0.15) is 0 Å². The maximum Gasteiger partial charge on any atom is 0.0913 e. The third-order valence-corrected chi connectivity index (χ3v) is 3.07. The van der Waals surface area contributed by atoms with Gasteiger partial charge >= 0.3 is 0 Å². The summed E-state index contributed by atoms with van der Waals surface area (Å²) >= 11 is 0. The van der Waals surface area contributed by atoms with Crippen molar-refractivity contribution in [2.75, 3.05) is 7.11 Å². The molecular formula is C14H22N2O. The number of hydrogen-bond acceptors (Lipinski definition) is 2. The first-order valence-corrected chi connectivity index (χ1v) is 5.83. The van der Waals surface area contributed by atoms with Gasteiger partial charge in [0, 0.05) is 7.11 Å². The third-order valence-electron chi connectivity index (χ3n) is 3.07. The van der Waals surface area contributed by atoms with Crippen molar-refractivity contribution in [1.82, 2.24) is 0 Å². The molecule has 0 aliphatic heterocycles. The van der Waals surface area contributed by atoms with Gasteiger partial charge in [0.15, 0.2) is 0 Å². The van der Waals surface area contributed by atoms with Gasteiger partial charge in [-0.3, -0.25) is 4.99 Å². The Morgan fingerprint density at radius 2 is 1.94 bits per heavy atom. The second-order valence-electron chi connectivity index (χ2n) is 5.04. The lowest BCUT2D eigenvalue weighted by Gasteiger charge is -2.24. The second kappa shape index (κ2) is 5.32. The average Bonchev–Trinajstić information content (AvgIpc) is 2.53. The summed E-state index contributed by atoms with van der Waals surface area (Å²) in [6.45, 7) is 6.37. The SMILES string of the molecule is CC(N)=NC1c2ccccc2CC1(C)C.CO. The van der Waals surface area contributed by atoms with Gasteiger partial charge in [-0.15, -0.1) is 0 Å². The number of rotatable bonds is 1. The Hall–Kier alpha value is -1.35. The van der Waals surface area contributed by atoms with Crippen LogP contribution >= 0.6 is 0 Å². The summed E-state index contributed by atoms with van der Waals surface area (Å²) in [5.41, 5.74) is 8.64. The zero-order valence-electron chi connectivity index (χ0n) is 11.1. The molecule has 0 radical (unpaired) electrons. The van der Waals surface area contributed by atoms with Crippen molar-refractivity contribution < 1.29 is 5.11 Å². The Kier molecular flexibility index (Phi) is 4.29. The van der Waals surface area contributed by atoms with Crippen LogP contribution in [-0.4, -0.2) is 18.1 Å². The fourth-order valence-corrected chi connectivity index (χ4v) is 2.42. The van der Waals surface area contributed by atoms with Gasteiger partial charge in [-0.1, -0.05) is 38.1 Å². The average molecular weight is 234 g/mol. The molecule has 1 atom stereocenters. The molecule has 0 saturated heterocycles. The van der Waals surface area contributed by atoms with Crippen LogP contribution in [0.3, 0.4) is 0 Å². The lowest BCUT2D eigenvalue weighted by Crippen LogP contribution is -2.19. The maximum absolute atomic E-state index is 7.00. The van der Waals surface area contributed by atoms with E-state index in [4.69, 9.17) is 10.8 Å². The Morgan fingerprint density at radius 1 is 1.35 bits per heavy atom. The summed E-state index contributed by atoms with van der Waals surface area (Å²) in [5, 5.41) is 7.00. The van der Waals surface area contributed by atoms with Crippen molar-refractivity contribution in [3.8, 4) is 0 Å². The molecule has 1 aromatic rings. The molecule has 0 saturated carbocycles. The molecule has 2 rings (SSSR count). The summed E-state index contributed by atoms with van der Waals surface area (Å²) in [6.07, 6.45) is 1.09. The van der Waals surface area contributed by atoms with Crippen LogP contribution < -0.4 is 5.73 Å². The van der Waals surface area contributed by atoms with E-state index in [0.717, 1.165) is 13.5 Å². The fourth-order valence-electron chi connectivity index (χ4n) is 2.42. The van der Waals surface area contributed by atoms with Crippen molar-refractivity contribution >= 4 is 5.84 Å². The van der Waals surface area contributed by atoms with E-state index in [-0.39, 0.29) is 11.5 Å². The van der Waals surface area contributed by atoms with Crippen molar-refractivity contribution in [3.05, 3.63) is 35.4 Å². The van der Waals surface area contributed by atoms with Crippen LogP contribution in [-0.2, 0) is 6.42 Å². The van der Waals surface area contributed by atoms with Crippen LogP contribution in [0.4, 0.5) is 0 Å². The highest BCUT2D eigenvalue weighted by molar-refractivity contribution is 5.77. The van der Waals surface area contributed by atoms with Gasteiger partial charge in [-0.25, -0.2) is 0 Å². The van der Waals surface area contributed by atoms with E-state index in [1.54, 1.807) is 0 Å². The highest BCUT2D eigenvalue weighted by Crippen LogP contribution is 2.47. The number of aliphatic hydroxyl groups is 1. The summed E-state index contributed by atoms with van der Waals surface area (Å²) < 4.78 is 0. The molecular weight excluding hydrogens is 212 g/mol. The number of aliphatic imine (C=N–C) groups is 1. The zero-order chi connectivity index (χ0) is 13.1. The van der Waals surface area contributed by atoms with Crippen LogP contribution in [0.2, 0.25) is 0 Å². The minimum absolute atomic E-state index is 0.185. The summed E-state index contributed by atoms with van der Waals surface area (Å²) in [5.74, 6) is 0.671. The Morgan fingerprint density at radius 3 is 2.53 bits per heavy atom. The number of amidine groups is 1. The van der Waals surface area contributed by atoms with Crippen LogP contribution in [0, 0.1) is 5.41 Å². The molecule has 0 amide bonds. The molecule has 17 heavy (non-hydrogen) atoms. The topological polar surface area (TPSA) is 58.6 Å². The molecule has 1 unspecified atom stereocenters. The van der Waals surface area contributed by atoms with Crippen molar-refractivity contribution in [3.63, 3.8) is 0 Å². The number of hydrogen-bond donors (Lipinski definition) is 2. The quantitative estimate of drug-likeness (QED) is 0.578. The van der Waals surface area contributed by atoms with Crippen LogP contribution in [0.15, 0.2) is 29.3 Å². The number of nitrogens with zero attached hydrogens (tertiary/aromatic N) is 1. The van der Waals surface area contributed by atoms with E-state index >= 15 is 0 Å². The van der Waals surface area contributed by atoms with E-state index in [9.17, 15) is 0 Å². The third kappa shape index (κ3) is 2.86. The van der Waals surface area contributed by atoms with E-state index in [2.05, 4.69) is 43.1 Å². The first-order valence-electron chi connectivity index (χ1n) is 5.83. The van der Waals surface area contributed by atoms with Crippen molar-refractivity contribution in [2.45, 2.75) is 33.2 Å². The first-order chi connectivity index (χ1) is 8.00. The minimum atomic E-state index is 0.185. The van der Waals surface area contributed by atoms with Gasteiger partial charge in [0.05, 0.1) is 11.9 Å². The van der Waals surface area contributed by atoms with Gasteiger partial charge in [0.2, 0.25) is 0 Å². The molecule has 1 aromatic carbocycles. The second-order valence-corrected chi connectivity index (χ2v) is 5.04. The Bertz CT molecular complexity index is 406. The number of benzene rings is 1. The lowest BCUT2D eigenvalue weighted by atomic mass is 9.86. The molecule has 0 spiro atoms. The maximum atomic E-state index is 7.00. The van der Waals surface area contributed by atoms with Crippen molar-refractivity contribution in [2.24, 2.45) is 16.1 Å². The largest absolute Gasteiger partial charge is 0.400 e. The van der Waals surface area contributed by atoms with E-state index in [1.807, 2.05) is 6.92 Å². The standard InChI is InChI=1S/C13H18N2.CH4O/c1-9(14)15-12-11-7-5-4-6-10(11)8-13(12,2)3;1-2/h4-7,12H,8H2,1-3H3,(H2,14,15);2H,1H3. The zero-order valence-corrected chi connectivity index (χ0v) is 11.1. The minimum Gasteiger partial charge on any atom is -0.400 e. The molecule has 0 bridgehead atoms. The number of aliphatic hydroxyl groups excluding tert-OH is 1. The highest BCUT2D eigenvalue weighted by atomic mass is 16.2. The Balaban J connectivity index is 0.000000686. The first kappa shape index (κ1) is 13.7. The Labute approximate surface area is 103 Å². The molecule has 94 valence electrons. The predicted octanol–water partition coefficient (Wildman–Crippen LogP) is 2.30. The molecule has 3 N–H and O–H groups in total. The monoisotopic (exact) mass is 234 g/mol. The van der Waals surface area contributed by atoms with E-state index in [0.29, 0.717) is 5.84 Å². The normalized spacial score (nSPS) is 21.5. The smallest absolute Gasteiger partial charge is 0.0913 e. The van der Waals surface area contributed by atoms with Gasteiger partial charge < -0.3 is 10.8 Å². The lowest BCUT2D eigenvalue weighted by molar-refractivity contribution is 0.320.